The summed E-state index contributed by atoms with van der Waals surface area (Å²) in [5.41, 5.74) is 1.31. The largest absolute Gasteiger partial charge is 0.342 e. The smallest absolute Gasteiger partial charge is 0.251 e. The molecule has 31 heavy (non-hydrogen) atoms. The van der Waals surface area contributed by atoms with E-state index in [-0.39, 0.29) is 17.9 Å². The monoisotopic (exact) mass is 457 g/mol. The van der Waals surface area contributed by atoms with Crippen LogP contribution in [0, 0.1) is 0 Å². The van der Waals surface area contributed by atoms with Gasteiger partial charge in [0.15, 0.2) is 11.0 Å². The number of rotatable bonds is 9. The number of carbonyl (C=O) groups is 2. The molecule has 9 heteroatoms. The van der Waals surface area contributed by atoms with Crippen molar-refractivity contribution in [1.29, 1.82) is 0 Å². The molecule has 3 aromatic rings. The average molecular weight is 458 g/mol. The van der Waals surface area contributed by atoms with Crippen molar-refractivity contribution in [2.75, 3.05) is 11.1 Å². The van der Waals surface area contributed by atoms with E-state index < -0.39 is 0 Å². The number of thioether (sulfide) groups is 1. The number of aromatic nitrogens is 3. The molecule has 0 aliphatic heterocycles. The lowest BCUT2D eigenvalue weighted by molar-refractivity contribution is -0.115. The van der Waals surface area contributed by atoms with Gasteiger partial charge in [-0.1, -0.05) is 41.6 Å². The Hall–Kier alpha value is -2.84. The van der Waals surface area contributed by atoms with Crippen molar-refractivity contribution in [3.63, 3.8) is 0 Å². The second kappa shape index (κ2) is 11.0. The van der Waals surface area contributed by atoms with Crippen molar-refractivity contribution in [1.82, 2.24) is 20.1 Å². The lowest BCUT2D eigenvalue weighted by Gasteiger charge is -2.15. The molecule has 0 spiro atoms. The standard InChI is InChI=1S/C22H24ClN5O2S/c1-3-28-20(15(2)24-21(30)16-9-11-17(23)12-10-16)26-27-22(28)31-14-13-19(29)25-18-7-5-4-6-8-18/h4-12,15H,3,13-14H2,1-2H3,(H,24,30)(H,25,29). The third kappa shape index (κ3) is 6.32. The molecule has 0 aliphatic carbocycles. The quantitative estimate of drug-likeness (QED) is 0.459. The van der Waals surface area contributed by atoms with Gasteiger partial charge in [-0.25, -0.2) is 0 Å². The minimum atomic E-state index is -0.327. The van der Waals surface area contributed by atoms with Crippen LogP contribution in [0.1, 0.15) is 42.5 Å². The topological polar surface area (TPSA) is 88.9 Å². The lowest BCUT2D eigenvalue weighted by Crippen LogP contribution is -2.28. The third-order valence-corrected chi connectivity index (χ3v) is 5.74. The second-order valence-corrected chi connectivity index (χ2v) is 8.30. The van der Waals surface area contributed by atoms with Crippen molar-refractivity contribution >= 4 is 40.9 Å². The van der Waals surface area contributed by atoms with E-state index in [1.807, 2.05) is 48.7 Å². The van der Waals surface area contributed by atoms with Gasteiger partial charge in [0.1, 0.15) is 0 Å². The van der Waals surface area contributed by atoms with Crippen LogP contribution in [0.5, 0.6) is 0 Å². The zero-order valence-electron chi connectivity index (χ0n) is 17.3. The van der Waals surface area contributed by atoms with E-state index in [0.717, 1.165) is 10.8 Å². The molecule has 7 nitrogen and oxygen atoms in total. The van der Waals surface area contributed by atoms with Crippen LogP contribution < -0.4 is 10.6 Å². The Morgan fingerprint density at radius 1 is 1.10 bits per heavy atom. The van der Waals surface area contributed by atoms with E-state index in [4.69, 9.17) is 11.6 Å². The molecular formula is C22H24ClN5O2S. The fourth-order valence-electron chi connectivity index (χ4n) is 2.95. The van der Waals surface area contributed by atoms with E-state index >= 15 is 0 Å². The molecule has 0 fully saturated rings. The molecular weight excluding hydrogens is 434 g/mol. The molecule has 0 saturated heterocycles. The van der Waals surface area contributed by atoms with Crippen LogP contribution in [0.25, 0.3) is 0 Å². The first kappa shape index (κ1) is 22.8. The average Bonchev–Trinajstić information content (AvgIpc) is 3.18. The van der Waals surface area contributed by atoms with Crippen molar-refractivity contribution in [2.24, 2.45) is 0 Å². The summed E-state index contributed by atoms with van der Waals surface area (Å²) in [5, 5.41) is 15.6. The third-order valence-electron chi connectivity index (χ3n) is 4.52. The Morgan fingerprint density at radius 3 is 2.48 bits per heavy atom. The van der Waals surface area contributed by atoms with Gasteiger partial charge < -0.3 is 15.2 Å². The van der Waals surface area contributed by atoms with E-state index in [0.29, 0.717) is 35.1 Å². The van der Waals surface area contributed by atoms with Gasteiger partial charge in [-0.15, -0.1) is 10.2 Å². The first-order valence-corrected chi connectivity index (χ1v) is 11.3. The minimum absolute atomic E-state index is 0.0508. The maximum atomic E-state index is 12.5. The molecule has 162 valence electrons. The Morgan fingerprint density at radius 2 is 1.81 bits per heavy atom. The van der Waals surface area contributed by atoms with Gasteiger partial charge in [0.05, 0.1) is 6.04 Å². The molecule has 2 amide bonds. The minimum Gasteiger partial charge on any atom is -0.342 e. The molecule has 3 rings (SSSR count). The Balaban J connectivity index is 1.56. The summed E-state index contributed by atoms with van der Waals surface area (Å²) >= 11 is 7.35. The summed E-state index contributed by atoms with van der Waals surface area (Å²) in [5.74, 6) is 0.982. The van der Waals surface area contributed by atoms with Crippen LogP contribution in [-0.4, -0.2) is 32.3 Å². The van der Waals surface area contributed by atoms with Crippen LogP contribution in [0.3, 0.4) is 0 Å². The maximum Gasteiger partial charge on any atom is 0.251 e. The van der Waals surface area contributed by atoms with Crippen LogP contribution in [-0.2, 0) is 11.3 Å². The van der Waals surface area contributed by atoms with Crippen LogP contribution in [0.15, 0.2) is 59.8 Å². The summed E-state index contributed by atoms with van der Waals surface area (Å²) in [7, 11) is 0. The molecule has 1 aromatic heterocycles. The van der Waals surface area contributed by atoms with Gasteiger partial charge in [-0.3, -0.25) is 9.59 Å². The van der Waals surface area contributed by atoms with Gasteiger partial charge in [-0.2, -0.15) is 0 Å². The molecule has 0 aliphatic rings. The number of halogens is 1. The molecule has 1 atom stereocenters. The number of para-hydroxylation sites is 1. The highest BCUT2D eigenvalue weighted by Gasteiger charge is 2.19. The molecule has 2 aromatic carbocycles. The fraction of sp³-hybridized carbons (Fsp3) is 0.273. The number of anilines is 1. The summed E-state index contributed by atoms with van der Waals surface area (Å²) in [6, 6.07) is 15.7. The maximum absolute atomic E-state index is 12.5. The van der Waals surface area contributed by atoms with Gasteiger partial charge in [0.25, 0.3) is 5.91 Å². The highest BCUT2D eigenvalue weighted by atomic mass is 35.5. The predicted molar refractivity (Wildman–Crippen MR) is 123 cm³/mol. The first-order valence-electron chi connectivity index (χ1n) is 9.95. The number of nitrogens with zero attached hydrogens (tertiary/aromatic N) is 3. The molecule has 1 heterocycles. The molecule has 0 saturated carbocycles. The van der Waals surface area contributed by atoms with E-state index in [1.165, 1.54) is 11.8 Å². The SMILES string of the molecule is CCn1c(SCCC(=O)Nc2ccccc2)nnc1C(C)NC(=O)c1ccc(Cl)cc1. The molecule has 1 unspecified atom stereocenters. The second-order valence-electron chi connectivity index (χ2n) is 6.80. The Labute approximate surface area is 190 Å². The Bertz CT molecular complexity index is 1020. The van der Waals surface area contributed by atoms with Gasteiger partial charge in [0.2, 0.25) is 5.91 Å². The van der Waals surface area contributed by atoms with Gasteiger partial charge in [0, 0.05) is 35.0 Å². The highest BCUT2D eigenvalue weighted by Crippen LogP contribution is 2.22. The fourth-order valence-corrected chi connectivity index (χ4v) is 4.02. The van der Waals surface area contributed by atoms with Gasteiger partial charge in [-0.05, 0) is 50.2 Å². The number of nitrogens with one attached hydrogen (secondary N) is 2. The van der Waals surface area contributed by atoms with Crippen LogP contribution in [0.2, 0.25) is 5.02 Å². The highest BCUT2D eigenvalue weighted by molar-refractivity contribution is 7.99. The number of carbonyl (C=O) groups excluding carboxylic acids is 2. The van der Waals surface area contributed by atoms with Crippen LogP contribution >= 0.6 is 23.4 Å². The normalized spacial score (nSPS) is 11.7. The molecule has 0 bridgehead atoms. The number of hydrogen-bond donors (Lipinski definition) is 2. The summed E-state index contributed by atoms with van der Waals surface area (Å²) in [6.07, 6.45) is 0.355. The first-order chi connectivity index (χ1) is 15.0. The summed E-state index contributed by atoms with van der Waals surface area (Å²) in [6.45, 7) is 4.51. The molecule has 0 radical (unpaired) electrons. The summed E-state index contributed by atoms with van der Waals surface area (Å²) < 4.78 is 1.95. The van der Waals surface area contributed by atoms with E-state index in [9.17, 15) is 9.59 Å². The zero-order chi connectivity index (χ0) is 22.2. The number of hydrogen-bond acceptors (Lipinski definition) is 5. The van der Waals surface area contributed by atoms with Crippen molar-refractivity contribution in [3.8, 4) is 0 Å². The van der Waals surface area contributed by atoms with Crippen molar-refractivity contribution < 1.29 is 9.59 Å². The van der Waals surface area contributed by atoms with E-state index in [2.05, 4.69) is 20.8 Å². The van der Waals surface area contributed by atoms with Crippen LogP contribution in [0.4, 0.5) is 5.69 Å². The Kier molecular flexibility index (Phi) is 8.08. The lowest BCUT2D eigenvalue weighted by atomic mass is 10.2. The summed E-state index contributed by atoms with van der Waals surface area (Å²) in [4.78, 5) is 24.6. The molecule has 2 N–H and O–H groups in total. The zero-order valence-corrected chi connectivity index (χ0v) is 18.9. The van der Waals surface area contributed by atoms with Gasteiger partial charge >= 0.3 is 0 Å². The van der Waals surface area contributed by atoms with Crippen molar-refractivity contribution in [3.05, 3.63) is 71.0 Å². The van der Waals surface area contributed by atoms with Crippen molar-refractivity contribution in [2.45, 2.75) is 38.0 Å². The number of benzene rings is 2. The number of amides is 2. The predicted octanol–water partition coefficient (Wildman–Crippen LogP) is 4.56. The van der Waals surface area contributed by atoms with E-state index in [1.54, 1.807) is 24.3 Å².